The van der Waals surface area contributed by atoms with Gasteiger partial charge >= 0.3 is 5.97 Å². The number of allylic oxidation sites excluding steroid dienone is 1. The molecule has 0 bridgehead atoms. The fourth-order valence-electron chi connectivity index (χ4n) is 2.74. The summed E-state index contributed by atoms with van der Waals surface area (Å²) in [6.45, 7) is 0. The standard InChI is InChI=1S/C15H14ClNO4/c16-12-8-20-13-6-10(3-4-11(13)14(12)18)21-15(19)9-2-1-5-17-7-9/h1-2,5,7-8,10-11,13H,3-4,6H2. The van der Waals surface area contributed by atoms with Gasteiger partial charge < -0.3 is 9.47 Å². The summed E-state index contributed by atoms with van der Waals surface area (Å²) in [6, 6.07) is 3.34. The highest BCUT2D eigenvalue weighted by Gasteiger charge is 2.40. The normalized spacial score (nSPS) is 28.1. The van der Waals surface area contributed by atoms with Crippen LogP contribution in [-0.2, 0) is 14.3 Å². The SMILES string of the molecule is O=C(OC1CCC2C(=O)C(Cl)=COC2C1)c1cccnc1. The number of ether oxygens (including phenoxy) is 2. The third-order valence-corrected chi connectivity index (χ3v) is 4.11. The first-order valence-electron chi connectivity index (χ1n) is 6.81. The summed E-state index contributed by atoms with van der Waals surface area (Å²) in [5, 5.41) is 0.141. The summed E-state index contributed by atoms with van der Waals surface area (Å²) < 4.78 is 10.9. The maximum atomic E-state index is 12.0. The van der Waals surface area contributed by atoms with E-state index in [1.165, 1.54) is 12.5 Å². The first-order valence-corrected chi connectivity index (χ1v) is 7.19. The van der Waals surface area contributed by atoms with Crippen LogP contribution in [0.5, 0.6) is 0 Å². The molecule has 0 aromatic carbocycles. The Morgan fingerprint density at radius 3 is 3.05 bits per heavy atom. The van der Waals surface area contributed by atoms with E-state index in [1.54, 1.807) is 18.3 Å². The quantitative estimate of drug-likeness (QED) is 0.785. The van der Waals surface area contributed by atoms with Crippen molar-refractivity contribution in [1.82, 2.24) is 4.98 Å². The van der Waals surface area contributed by atoms with Gasteiger partial charge in [0.05, 0.1) is 11.5 Å². The summed E-state index contributed by atoms with van der Waals surface area (Å²) in [6.07, 6.45) is 5.58. The van der Waals surface area contributed by atoms with Crippen molar-refractivity contribution in [3.05, 3.63) is 41.4 Å². The average molecular weight is 308 g/mol. The van der Waals surface area contributed by atoms with E-state index in [4.69, 9.17) is 21.1 Å². The molecule has 110 valence electrons. The molecule has 3 rings (SSSR count). The van der Waals surface area contributed by atoms with Gasteiger partial charge in [-0.05, 0) is 25.0 Å². The van der Waals surface area contributed by atoms with E-state index in [-0.39, 0.29) is 28.9 Å². The molecule has 5 nitrogen and oxygen atoms in total. The van der Waals surface area contributed by atoms with E-state index >= 15 is 0 Å². The molecule has 1 aliphatic heterocycles. The number of Topliss-reactive ketones (excluding diaryl/α,β-unsaturated/α-hetero) is 1. The molecule has 1 aromatic rings. The van der Waals surface area contributed by atoms with Crippen LogP contribution in [0.4, 0.5) is 0 Å². The number of ketones is 1. The smallest absolute Gasteiger partial charge is 0.339 e. The van der Waals surface area contributed by atoms with Crippen LogP contribution in [0, 0.1) is 5.92 Å². The summed E-state index contributed by atoms with van der Waals surface area (Å²) in [5.74, 6) is -0.706. The average Bonchev–Trinajstić information content (AvgIpc) is 2.52. The molecule has 1 fully saturated rings. The van der Waals surface area contributed by atoms with Gasteiger partial charge in [-0.3, -0.25) is 9.78 Å². The van der Waals surface area contributed by atoms with E-state index in [0.717, 1.165) is 0 Å². The number of rotatable bonds is 2. The Balaban J connectivity index is 1.63. The van der Waals surface area contributed by atoms with Gasteiger partial charge in [0, 0.05) is 18.8 Å². The van der Waals surface area contributed by atoms with Crippen molar-refractivity contribution in [2.45, 2.75) is 31.5 Å². The highest BCUT2D eigenvalue weighted by molar-refractivity contribution is 6.42. The zero-order valence-corrected chi connectivity index (χ0v) is 12.0. The van der Waals surface area contributed by atoms with Crippen LogP contribution >= 0.6 is 11.6 Å². The third kappa shape index (κ3) is 2.93. The minimum Gasteiger partial charge on any atom is -0.495 e. The maximum absolute atomic E-state index is 12.0. The van der Waals surface area contributed by atoms with Crippen molar-refractivity contribution in [2.24, 2.45) is 5.92 Å². The molecule has 2 aliphatic rings. The lowest BCUT2D eigenvalue weighted by atomic mass is 9.81. The predicted octanol–water partition coefficient (Wildman–Crippen LogP) is 2.46. The summed E-state index contributed by atoms with van der Waals surface area (Å²) in [5.41, 5.74) is 0.420. The summed E-state index contributed by atoms with van der Waals surface area (Å²) >= 11 is 5.78. The Morgan fingerprint density at radius 1 is 1.43 bits per heavy atom. The highest BCUT2D eigenvalue weighted by atomic mass is 35.5. The molecule has 1 aliphatic carbocycles. The lowest BCUT2D eigenvalue weighted by molar-refractivity contribution is -0.128. The van der Waals surface area contributed by atoms with E-state index < -0.39 is 5.97 Å². The lowest BCUT2D eigenvalue weighted by Crippen LogP contribution is -2.41. The van der Waals surface area contributed by atoms with E-state index in [2.05, 4.69) is 4.98 Å². The van der Waals surface area contributed by atoms with Gasteiger partial charge in [0.15, 0.2) is 5.78 Å². The Kier molecular flexibility index (Phi) is 3.92. The van der Waals surface area contributed by atoms with Crippen LogP contribution in [0.3, 0.4) is 0 Å². The molecule has 1 aromatic heterocycles. The van der Waals surface area contributed by atoms with Gasteiger partial charge in [-0.2, -0.15) is 0 Å². The molecule has 0 radical (unpaired) electrons. The zero-order valence-electron chi connectivity index (χ0n) is 11.2. The number of nitrogens with zero attached hydrogens (tertiary/aromatic N) is 1. The molecular weight excluding hydrogens is 294 g/mol. The monoisotopic (exact) mass is 307 g/mol. The fourth-order valence-corrected chi connectivity index (χ4v) is 2.93. The van der Waals surface area contributed by atoms with Crippen molar-refractivity contribution < 1.29 is 19.1 Å². The number of esters is 1. The van der Waals surface area contributed by atoms with Crippen LogP contribution in [0.15, 0.2) is 35.8 Å². The largest absolute Gasteiger partial charge is 0.495 e. The molecule has 2 heterocycles. The number of fused-ring (bicyclic) bond motifs is 1. The molecule has 0 amide bonds. The topological polar surface area (TPSA) is 65.5 Å². The van der Waals surface area contributed by atoms with Crippen molar-refractivity contribution in [1.29, 1.82) is 0 Å². The molecule has 6 heteroatoms. The van der Waals surface area contributed by atoms with E-state index in [0.29, 0.717) is 24.8 Å². The van der Waals surface area contributed by atoms with Crippen LogP contribution < -0.4 is 0 Å². The molecule has 0 N–H and O–H groups in total. The number of aromatic nitrogens is 1. The second-order valence-electron chi connectivity index (χ2n) is 5.19. The van der Waals surface area contributed by atoms with Crippen molar-refractivity contribution in [3.8, 4) is 0 Å². The number of pyridine rings is 1. The number of carbonyl (C=O) groups excluding carboxylic acids is 2. The maximum Gasteiger partial charge on any atom is 0.339 e. The molecule has 3 atom stereocenters. The highest BCUT2D eigenvalue weighted by Crippen LogP contribution is 2.35. The van der Waals surface area contributed by atoms with Gasteiger partial charge in [-0.25, -0.2) is 4.79 Å². The molecule has 0 spiro atoms. The van der Waals surface area contributed by atoms with Gasteiger partial charge in [-0.1, -0.05) is 11.6 Å². The minimum absolute atomic E-state index is 0.0787. The number of hydrogen-bond acceptors (Lipinski definition) is 5. The molecule has 0 saturated heterocycles. The Bertz CT molecular complexity index is 587. The van der Waals surface area contributed by atoms with Crippen molar-refractivity contribution >= 4 is 23.4 Å². The van der Waals surface area contributed by atoms with Crippen LogP contribution in [0.25, 0.3) is 0 Å². The van der Waals surface area contributed by atoms with E-state index in [9.17, 15) is 9.59 Å². The molecular formula is C15H14ClNO4. The minimum atomic E-state index is -0.401. The van der Waals surface area contributed by atoms with Crippen LogP contribution in [-0.4, -0.2) is 28.9 Å². The number of halogens is 1. The first-order chi connectivity index (χ1) is 10.1. The first kappa shape index (κ1) is 14.1. The van der Waals surface area contributed by atoms with Crippen LogP contribution in [0.2, 0.25) is 0 Å². The second-order valence-corrected chi connectivity index (χ2v) is 5.60. The molecule has 3 unspecified atom stereocenters. The zero-order chi connectivity index (χ0) is 14.8. The van der Waals surface area contributed by atoms with Gasteiger partial charge in [0.1, 0.15) is 23.5 Å². The van der Waals surface area contributed by atoms with Gasteiger partial charge in [0.2, 0.25) is 0 Å². The summed E-state index contributed by atoms with van der Waals surface area (Å²) in [7, 11) is 0. The third-order valence-electron chi connectivity index (χ3n) is 3.83. The van der Waals surface area contributed by atoms with E-state index in [1.807, 2.05) is 0 Å². The second kappa shape index (κ2) is 5.85. The van der Waals surface area contributed by atoms with Crippen molar-refractivity contribution in [2.75, 3.05) is 0 Å². The predicted molar refractivity (Wildman–Crippen MR) is 74.6 cm³/mol. The van der Waals surface area contributed by atoms with Gasteiger partial charge in [-0.15, -0.1) is 0 Å². The lowest BCUT2D eigenvalue weighted by Gasteiger charge is -2.36. The van der Waals surface area contributed by atoms with Gasteiger partial charge in [0.25, 0.3) is 0 Å². The summed E-state index contributed by atoms with van der Waals surface area (Å²) in [4.78, 5) is 27.8. The Labute approximate surface area is 126 Å². The Morgan fingerprint density at radius 2 is 2.29 bits per heavy atom. The molecule has 21 heavy (non-hydrogen) atoms. The molecule has 1 saturated carbocycles. The van der Waals surface area contributed by atoms with Crippen molar-refractivity contribution in [3.63, 3.8) is 0 Å². The van der Waals surface area contributed by atoms with Crippen LogP contribution in [0.1, 0.15) is 29.6 Å². The number of hydrogen-bond donors (Lipinski definition) is 0. The number of carbonyl (C=O) groups is 2. The Hall–Kier alpha value is -1.88. The fraction of sp³-hybridized carbons (Fsp3) is 0.400.